The van der Waals surface area contributed by atoms with Gasteiger partial charge in [0.25, 0.3) is 6.01 Å². The molecular weight excluding hydrogens is 360 g/mol. The van der Waals surface area contributed by atoms with Gasteiger partial charge in [0.15, 0.2) is 11.4 Å². The van der Waals surface area contributed by atoms with E-state index >= 15 is 0 Å². The number of nitrogens with one attached hydrogen (secondary N) is 1. The van der Waals surface area contributed by atoms with Gasteiger partial charge in [-0.25, -0.2) is 4.98 Å². The summed E-state index contributed by atoms with van der Waals surface area (Å²) in [6, 6.07) is 5.54. The molecule has 0 radical (unpaired) electrons. The van der Waals surface area contributed by atoms with E-state index in [1.165, 1.54) is 19.3 Å². The molecule has 2 bridgehead atoms. The van der Waals surface area contributed by atoms with Crippen molar-refractivity contribution >= 4 is 34.2 Å². The molecular formula is C20H20N4O2S. The standard InChI is InChI=1S/C20H20N4O2S/c25-16(7-11-1-2-11)14-3-4-15(19-21-5-6-27-19)18-17(14)23-20(26-18)24-9-12-8-13(10-24)22-12/h3-6,11-13,22H,1-2,7-10H2. The monoisotopic (exact) mass is 380 g/mol. The van der Waals surface area contributed by atoms with Crippen molar-refractivity contribution in [1.29, 1.82) is 0 Å². The van der Waals surface area contributed by atoms with E-state index in [1.54, 1.807) is 17.5 Å². The Bertz CT molecular complexity index is 1010. The van der Waals surface area contributed by atoms with Gasteiger partial charge in [0, 0.05) is 48.7 Å². The predicted molar refractivity (Wildman–Crippen MR) is 104 cm³/mol. The molecule has 2 atom stereocenters. The van der Waals surface area contributed by atoms with Gasteiger partial charge in [-0.2, -0.15) is 4.98 Å². The number of anilines is 1. The van der Waals surface area contributed by atoms with Crippen molar-refractivity contribution in [1.82, 2.24) is 15.3 Å². The molecule has 2 unspecified atom stereocenters. The van der Waals surface area contributed by atoms with Crippen LogP contribution in [0.15, 0.2) is 28.1 Å². The van der Waals surface area contributed by atoms with Gasteiger partial charge >= 0.3 is 0 Å². The Morgan fingerprint density at radius 2 is 2.11 bits per heavy atom. The first-order valence-electron chi connectivity index (χ1n) is 9.62. The van der Waals surface area contributed by atoms with Crippen LogP contribution in [0, 0.1) is 5.92 Å². The second-order valence-electron chi connectivity index (χ2n) is 7.94. The van der Waals surface area contributed by atoms with Crippen LogP contribution in [0.3, 0.4) is 0 Å². The minimum absolute atomic E-state index is 0.177. The highest BCUT2D eigenvalue weighted by Gasteiger charge is 2.38. The van der Waals surface area contributed by atoms with Crippen LogP contribution in [0.4, 0.5) is 6.01 Å². The lowest BCUT2D eigenvalue weighted by atomic mass is 9.92. The molecule has 1 N–H and O–H groups in total. The van der Waals surface area contributed by atoms with E-state index in [1.807, 2.05) is 17.5 Å². The maximum atomic E-state index is 12.8. The van der Waals surface area contributed by atoms with Crippen LogP contribution in [0.1, 0.15) is 36.0 Å². The number of benzene rings is 1. The van der Waals surface area contributed by atoms with Crippen molar-refractivity contribution in [2.45, 2.75) is 37.8 Å². The van der Waals surface area contributed by atoms with E-state index in [-0.39, 0.29) is 5.78 Å². The number of piperidine rings is 1. The zero-order valence-electron chi connectivity index (χ0n) is 14.9. The summed E-state index contributed by atoms with van der Waals surface area (Å²) >= 11 is 1.57. The molecule has 7 heteroatoms. The van der Waals surface area contributed by atoms with Crippen molar-refractivity contribution in [3.8, 4) is 10.6 Å². The first-order valence-corrected chi connectivity index (χ1v) is 10.5. The average Bonchev–Trinajstić information content (AvgIpc) is 3.14. The van der Waals surface area contributed by atoms with Gasteiger partial charge in [0.1, 0.15) is 10.5 Å². The number of fused-ring (bicyclic) bond motifs is 3. The quantitative estimate of drug-likeness (QED) is 0.683. The number of piperazine rings is 1. The molecule has 1 saturated carbocycles. The first kappa shape index (κ1) is 15.8. The molecule has 6 nitrogen and oxygen atoms in total. The third-order valence-corrected chi connectivity index (χ3v) is 6.67. The fraction of sp³-hybridized carbons (Fsp3) is 0.450. The molecule has 27 heavy (non-hydrogen) atoms. The zero-order valence-corrected chi connectivity index (χ0v) is 15.7. The summed E-state index contributed by atoms with van der Waals surface area (Å²) < 4.78 is 6.24. The molecule has 3 aromatic rings. The van der Waals surface area contributed by atoms with Crippen molar-refractivity contribution in [2.24, 2.45) is 5.92 Å². The van der Waals surface area contributed by atoms with E-state index in [0.29, 0.717) is 47.1 Å². The number of hydrogen-bond acceptors (Lipinski definition) is 7. The number of oxazole rings is 1. The maximum absolute atomic E-state index is 12.8. The molecule has 1 aliphatic carbocycles. The summed E-state index contributed by atoms with van der Waals surface area (Å²) in [7, 11) is 0. The molecule has 7 rings (SSSR count). The first-order chi connectivity index (χ1) is 13.2. The third-order valence-electron chi connectivity index (χ3n) is 5.86. The highest BCUT2D eigenvalue weighted by Crippen LogP contribution is 2.38. The fourth-order valence-corrected chi connectivity index (χ4v) is 4.90. The van der Waals surface area contributed by atoms with E-state index < -0.39 is 0 Å². The number of carbonyl (C=O) groups excluding carboxylic acids is 1. The lowest BCUT2D eigenvalue weighted by Crippen LogP contribution is -2.67. The summed E-state index contributed by atoms with van der Waals surface area (Å²) in [5.41, 5.74) is 2.99. The summed E-state index contributed by atoms with van der Waals surface area (Å²) in [4.78, 5) is 24.3. The summed E-state index contributed by atoms with van der Waals surface area (Å²) in [5, 5.41) is 6.38. The topological polar surface area (TPSA) is 71.3 Å². The van der Waals surface area contributed by atoms with Crippen molar-refractivity contribution in [3.63, 3.8) is 0 Å². The summed E-state index contributed by atoms with van der Waals surface area (Å²) in [6.45, 7) is 1.81. The van der Waals surface area contributed by atoms with Crippen LogP contribution in [0.25, 0.3) is 21.7 Å². The highest BCUT2D eigenvalue weighted by atomic mass is 32.1. The van der Waals surface area contributed by atoms with Crippen LogP contribution in [-0.2, 0) is 0 Å². The van der Waals surface area contributed by atoms with Crippen LogP contribution in [0.5, 0.6) is 0 Å². The van der Waals surface area contributed by atoms with E-state index in [0.717, 1.165) is 23.7 Å². The molecule has 138 valence electrons. The summed E-state index contributed by atoms with van der Waals surface area (Å²) in [6.07, 6.45) is 5.97. The van der Waals surface area contributed by atoms with Gasteiger partial charge in [0.2, 0.25) is 0 Å². The molecule has 3 aliphatic heterocycles. The van der Waals surface area contributed by atoms with Crippen LogP contribution in [0.2, 0.25) is 0 Å². The smallest absolute Gasteiger partial charge is 0.298 e. The Morgan fingerprint density at radius 3 is 2.81 bits per heavy atom. The Hall–Kier alpha value is -2.25. The molecule has 0 amide bonds. The number of thiazole rings is 1. The number of carbonyl (C=O) groups is 1. The molecule has 5 heterocycles. The van der Waals surface area contributed by atoms with Crippen LogP contribution in [-0.4, -0.2) is 40.9 Å². The highest BCUT2D eigenvalue weighted by molar-refractivity contribution is 7.13. The van der Waals surface area contributed by atoms with E-state index in [9.17, 15) is 4.79 Å². The van der Waals surface area contributed by atoms with Crippen molar-refractivity contribution in [2.75, 3.05) is 18.0 Å². The molecule has 4 aliphatic rings. The van der Waals surface area contributed by atoms with Gasteiger partial charge in [0.05, 0.1) is 5.56 Å². The summed E-state index contributed by atoms with van der Waals surface area (Å²) in [5.74, 6) is 0.731. The van der Waals surface area contributed by atoms with Gasteiger partial charge < -0.3 is 14.6 Å². The number of nitrogens with zero attached hydrogens (tertiary/aromatic N) is 3. The Labute approximate surface area is 160 Å². The van der Waals surface area contributed by atoms with Gasteiger partial charge in [-0.05, 0) is 37.3 Å². The lowest BCUT2D eigenvalue weighted by molar-refractivity contribution is 0.0977. The third kappa shape index (κ3) is 2.68. The Morgan fingerprint density at radius 1 is 1.30 bits per heavy atom. The van der Waals surface area contributed by atoms with Gasteiger partial charge in [-0.15, -0.1) is 11.3 Å². The molecule has 2 aromatic heterocycles. The number of ketones is 1. The second-order valence-corrected chi connectivity index (χ2v) is 8.84. The predicted octanol–water partition coefficient (Wildman–Crippen LogP) is 3.48. The van der Waals surface area contributed by atoms with E-state index in [2.05, 4.69) is 15.2 Å². The van der Waals surface area contributed by atoms with Gasteiger partial charge in [-0.1, -0.05) is 0 Å². The maximum Gasteiger partial charge on any atom is 0.298 e. The van der Waals surface area contributed by atoms with Crippen molar-refractivity contribution < 1.29 is 9.21 Å². The minimum atomic E-state index is 0.177. The number of Topliss-reactive ketones (excluding diaryl/α,β-unsaturated/α-hetero) is 1. The molecule has 0 spiro atoms. The van der Waals surface area contributed by atoms with Crippen LogP contribution >= 0.6 is 11.3 Å². The number of aromatic nitrogens is 2. The molecule has 1 aromatic carbocycles. The fourth-order valence-electron chi connectivity index (χ4n) is 4.24. The number of rotatable bonds is 5. The van der Waals surface area contributed by atoms with Gasteiger partial charge in [-0.3, -0.25) is 4.79 Å². The largest absolute Gasteiger partial charge is 0.423 e. The van der Waals surface area contributed by atoms with E-state index in [4.69, 9.17) is 9.40 Å². The lowest BCUT2D eigenvalue weighted by Gasteiger charge is -2.47. The number of hydrogen-bond donors (Lipinski definition) is 1. The minimum Gasteiger partial charge on any atom is -0.423 e. The Balaban J connectivity index is 1.46. The zero-order chi connectivity index (χ0) is 18.0. The molecule has 4 fully saturated rings. The normalized spacial score (nSPS) is 24.2. The second kappa shape index (κ2) is 5.87. The SMILES string of the molecule is O=C(CC1CC1)c1ccc(-c2nccs2)c2oc(N3CC4CC(C3)N4)nc12. The van der Waals surface area contributed by atoms with Crippen LogP contribution < -0.4 is 10.2 Å². The average molecular weight is 380 g/mol. The Kier molecular flexibility index (Phi) is 3.43. The van der Waals surface area contributed by atoms with Crippen molar-refractivity contribution in [3.05, 3.63) is 29.3 Å². The molecule has 3 saturated heterocycles.